The SMILES string of the molecule is O=S1(=O)N[C@@H](Cc2ccccc2)COc2ccc(Cl)cc21. The molecule has 0 bridgehead atoms. The van der Waals surface area contributed by atoms with Crippen LogP contribution in [0.5, 0.6) is 5.75 Å². The smallest absolute Gasteiger partial charge is 0.244 e. The van der Waals surface area contributed by atoms with E-state index in [2.05, 4.69) is 4.72 Å². The normalized spacial score (nSPS) is 20.1. The Morgan fingerprint density at radius 2 is 1.95 bits per heavy atom. The van der Waals surface area contributed by atoms with Crippen molar-refractivity contribution in [1.29, 1.82) is 0 Å². The minimum Gasteiger partial charge on any atom is -0.490 e. The fourth-order valence-electron chi connectivity index (χ4n) is 2.32. The highest BCUT2D eigenvalue weighted by Gasteiger charge is 2.28. The predicted molar refractivity (Wildman–Crippen MR) is 81.2 cm³/mol. The van der Waals surface area contributed by atoms with Gasteiger partial charge >= 0.3 is 0 Å². The summed E-state index contributed by atoms with van der Waals surface area (Å²) in [4.78, 5) is 0.0885. The van der Waals surface area contributed by atoms with Crippen molar-refractivity contribution in [2.75, 3.05) is 6.61 Å². The van der Waals surface area contributed by atoms with E-state index in [4.69, 9.17) is 16.3 Å². The van der Waals surface area contributed by atoms with Gasteiger partial charge < -0.3 is 4.74 Å². The number of fused-ring (bicyclic) bond motifs is 1. The quantitative estimate of drug-likeness (QED) is 0.924. The van der Waals surface area contributed by atoms with Gasteiger partial charge in [-0.25, -0.2) is 13.1 Å². The second-order valence-electron chi connectivity index (χ2n) is 4.91. The lowest BCUT2D eigenvalue weighted by Gasteiger charge is -2.14. The van der Waals surface area contributed by atoms with Crippen LogP contribution in [0, 0.1) is 0 Å². The molecular formula is C15H14ClNO3S. The molecule has 0 saturated carbocycles. The van der Waals surface area contributed by atoms with E-state index in [1.54, 1.807) is 12.1 Å². The molecule has 0 fully saturated rings. The lowest BCUT2D eigenvalue weighted by Crippen LogP contribution is -2.38. The first-order valence-electron chi connectivity index (χ1n) is 6.53. The second-order valence-corrected chi connectivity index (χ2v) is 7.03. The third kappa shape index (κ3) is 3.20. The topological polar surface area (TPSA) is 55.4 Å². The Balaban J connectivity index is 1.88. The van der Waals surface area contributed by atoms with Gasteiger partial charge in [0.1, 0.15) is 17.3 Å². The third-order valence-corrected chi connectivity index (χ3v) is 5.06. The standard InChI is InChI=1S/C15H14ClNO3S/c16-12-6-7-14-15(9-12)21(18,19)17-13(10-20-14)8-11-4-2-1-3-5-11/h1-7,9,13,17H,8,10H2/t13-/m0/s1. The first-order chi connectivity index (χ1) is 10.0. The van der Waals surface area contributed by atoms with Crippen LogP contribution in [0.1, 0.15) is 5.56 Å². The van der Waals surface area contributed by atoms with Crippen LogP contribution in [0.3, 0.4) is 0 Å². The molecule has 0 amide bonds. The number of halogens is 1. The van der Waals surface area contributed by atoms with Crippen molar-refractivity contribution in [3.8, 4) is 5.75 Å². The number of benzene rings is 2. The summed E-state index contributed by atoms with van der Waals surface area (Å²) in [6.07, 6.45) is 0.571. The molecule has 0 aliphatic carbocycles. The molecule has 0 spiro atoms. The summed E-state index contributed by atoms with van der Waals surface area (Å²) in [5.41, 5.74) is 1.05. The Kier molecular flexibility index (Phi) is 3.89. The lowest BCUT2D eigenvalue weighted by atomic mass is 10.1. The minimum atomic E-state index is -3.63. The summed E-state index contributed by atoms with van der Waals surface area (Å²) in [6.45, 7) is 0.281. The van der Waals surface area contributed by atoms with Gasteiger partial charge in [0.2, 0.25) is 10.0 Å². The Morgan fingerprint density at radius 1 is 1.19 bits per heavy atom. The van der Waals surface area contributed by atoms with Gasteiger partial charge in [0.15, 0.2) is 0 Å². The molecule has 1 aliphatic rings. The van der Waals surface area contributed by atoms with Crippen molar-refractivity contribution in [1.82, 2.24) is 4.72 Å². The van der Waals surface area contributed by atoms with E-state index in [1.165, 1.54) is 6.07 Å². The van der Waals surface area contributed by atoms with Crippen LogP contribution >= 0.6 is 11.6 Å². The zero-order valence-corrected chi connectivity index (χ0v) is 12.7. The summed E-state index contributed by atoms with van der Waals surface area (Å²) in [5, 5.41) is 0.365. The molecule has 6 heteroatoms. The largest absolute Gasteiger partial charge is 0.490 e. The van der Waals surface area contributed by atoms with E-state index in [0.717, 1.165) is 5.56 Å². The van der Waals surface area contributed by atoms with E-state index in [0.29, 0.717) is 17.2 Å². The Morgan fingerprint density at radius 3 is 2.71 bits per heavy atom. The number of hydrogen-bond acceptors (Lipinski definition) is 3. The first kappa shape index (κ1) is 14.4. The molecule has 3 rings (SSSR count). The summed E-state index contributed by atoms with van der Waals surface area (Å²) < 4.78 is 33.1. The number of sulfonamides is 1. The predicted octanol–water partition coefficient (Wildman–Crippen LogP) is 2.62. The van der Waals surface area contributed by atoms with E-state index >= 15 is 0 Å². The van der Waals surface area contributed by atoms with Crippen LogP contribution < -0.4 is 9.46 Å². The molecule has 0 radical (unpaired) electrons. The highest BCUT2D eigenvalue weighted by molar-refractivity contribution is 7.89. The summed E-state index contributed by atoms with van der Waals surface area (Å²) in [6, 6.07) is 14.0. The van der Waals surface area contributed by atoms with Gasteiger partial charge in [-0.05, 0) is 30.2 Å². The fraction of sp³-hybridized carbons (Fsp3) is 0.200. The fourth-order valence-corrected chi connectivity index (χ4v) is 3.95. The molecule has 21 heavy (non-hydrogen) atoms. The van der Waals surface area contributed by atoms with Crippen molar-refractivity contribution in [3.63, 3.8) is 0 Å². The highest BCUT2D eigenvalue weighted by atomic mass is 35.5. The summed E-state index contributed by atoms with van der Waals surface area (Å²) in [7, 11) is -3.63. The minimum absolute atomic E-state index is 0.0885. The molecule has 1 heterocycles. The molecule has 1 atom stereocenters. The zero-order valence-electron chi connectivity index (χ0n) is 11.1. The molecule has 0 unspecified atom stereocenters. The molecular weight excluding hydrogens is 310 g/mol. The van der Waals surface area contributed by atoms with Gasteiger partial charge in [-0.15, -0.1) is 0 Å². The molecule has 0 saturated heterocycles. The first-order valence-corrected chi connectivity index (χ1v) is 8.39. The van der Waals surface area contributed by atoms with Crippen LogP contribution in [0.25, 0.3) is 0 Å². The molecule has 1 aliphatic heterocycles. The summed E-state index contributed by atoms with van der Waals surface area (Å²) >= 11 is 5.88. The van der Waals surface area contributed by atoms with Crippen LogP contribution in [0.15, 0.2) is 53.4 Å². The zero-order chi connectivity index (χ0) is 14.9. The average molecular weight is 324 g/mol. The third-order valence-electron chi connectivity index (χ3n) is 3.28. The van der Waals surface area contributed by atoms with E-state index < -0.39 is 10.0 Å². The maximum atomic E-state index is 12.4. The maximum absolute atomic E-state index is 12.4. The van der Waals surface area contributed by atoms with Gasteiger partial charge in [0, 0.05) is 5.02 Å². The van der Waals surface area contributed by atoms with E-state index in [1.807, 2.05) is 30.3 Å². The van der Waals surface area contributed by atoms with Gasteiger partial charge in [0.25, 0.3) is 0 Å². The second kappa shape index (κ2) is 5.67. The maximum Gasteiger partial charge on any atom is 0.244 e. The van der Waals surface area contributed by atoms with Crippen molar-refractivity contribution >= 4 is 21.6 Å². The van der Waals surface area contributed by atoms with Gasteiger partial charge in [-0.1, -0.05) is 41.9 Å². The molecule has 0 aromatic heterocycles. The molecule has 1 N–H and O–H groups in total. The van der Waals surface area contributed by atoms with Crippen molar-refractivity contribution in [2.24, 2.45) is 0 Å². The molecule has 110 valence electrons. The van der Waals surface area contributed by atoms with E-state index in [9.17, 15) is 8.42 Å². The molecule has 2 aromatic rings. The van der Waals surface area contributed by atoms with Gasteiger partial charge in [-0.3, -0.25) is 0 Å². The molecule has 2 aromatic carbocycles. The van der Waals surface area contributed by atoms with Crippen LogP contribution in [0.2, 0.25) is 5.02 Å². The van der Waals surface area contributed by atoms with Crippen LogP contribution in [0.4, 0.5) is 0 Å². The lowest BCUT2D eigenvalue weighted by molar-refractivity contribution is 0.279. The number of nitrogens with one attached hydrogen (secondary N) is 1. The highest BCUT2D eigenvalue weighted by Crippen LogP contribution is 2.29. The average Bonchev–Trinajstić information content (AvgIpc) is 2.57. The van der Waals surface area contributed by atoms with Crippen LogP contribution in [-0.4, -0.2) is 21.1 Å². The monoisotopic (exact) mass is 323 g/mol. The Hall–Kier alpha value is -1.56. The summed E-state index contributed by atoms with van der Waals surface area (Å²) in [5.74, 6) is 0.336. The number of rotatable bonds is 2. The Bertz CT molecular complexity index is 747. The molecule has 4 nitrogen and oxygen atoms in total. The van der Waals surface area contributed by atoms with Crippen LogP contribution in [-0.2, 0) is 16.4 Å². The van der Waals surface area contributed by atoms with E-state index in [-0.39, 0.29) is 17.5 Å². The van der Waals surface area contributed by atoms with Crippen molar-refractivity contribution < 1.29 is 13.2 Å². The number of hydrogen-bond donors (Lipinski definition) is 1. The van der Waals surface area contributed by atoms with Crippen molar-refractivity contribution in [3.05, 3.63) is 59.1 Å². The van der Waals surface area contributed by atoms with Gasteiger partial charge in [-0.2, -0.15) is 0 Å². The van der Waals surface area contributed by atoms with Crippen molar-refractivity contribution in [2.45, 2.75) is 17.4 Å². The Labute approximate surface area is 128 Å². The van der Waals surface area contributed by atoms with Gasteiger partial charge in [0.05, 0.1) is 6.04 Å². The number of ether oxygens (including phenoxy) is 1.